The number of hydrogen-bond acceptors (Lipinski definition) is 6. The Bertz CT molecular complexity index is 287. The number of rotatable bonds is 8. The van der Waals surface area contributed by atoms with Gasteiger partial charge in [-0.3, -0.25) is 0 Å². The van der Waals surface area contributed by atoms with Crippen molar-refractivity contribution in [2.75, 3.05) is 19.6 Å². The molecule has 0 aliphatic rings. The largest absolute Gasteiger partial charge is 0.480 e. The quantitative estimate of drug-likeness (QED) is 0.419. The van der Waals surface area contributed by atoms with E-state index in [9.17, 15) is 9.90 Å². The van der Waals surface area contributed by atoms with Crippen molar-refractivity contribution in [1.82, 2.24) is 4.31 Å². The number of carboxylic acid groups (broad SMARTS) is 1. The van der Waals surface area contributed by atoms with E-state index in [1.165, 1.54) is 21.8 Å². The van der Waals surface area contributed by atoms with E-state index in [2.05, 4.69) is 6.92 Å². The number of carbonyl (C=O) groups is 1. The number of thiocarbonyl (C=S) groups is 1. The Hall–Kier alpha value is 0.570. The highest BCUT2D eigenvalue weighted by Gasteiger charge is 2.42. The second-order valence-electron chi connectivity index (χ2n) is 3.79. The first-order chi connectivity index (χ1) is 7.80. The normalized spacial score (nSPS) is 16.6. The number of thioether (sulfide) groups is 1. The van der Waals surface area contributed by atoms with Crippen LogP contribution in [-0.4, -0.2) is 50.6 Å². The van der Waals surface area contributed by atoms with Crippen molar-refractivity contribution >= 4 is 56.6 Å². The molecule has 0 aromatic rings. The van der Waals surface area contributed by atoms with Crippen molar-refractivity contribution in [1.29, 1.82) is 0 Å². The standard InChI is InChI=1S/C10H19NO2S4/c1-7(15-4)6-8(14)10(2,9(12)13)11(3)17-16-5/h7H,6H2,1-5H3,(H,12,13)/t7?,10-/m1/s1. The predicted molar refractivity (Wildman–Crippen MR) is 85.1 cm³/mol. The molecule has 0 aliphatic carbocycles. The summed E-state index contributed by atoms with van der Waals surface area (Å²) in [5.74, 6) is -0.889. The van der Waals surface area contributed by atoms with E-state index in [1.54, 1.807) is 30.0 Å². The summed E-state index contributed by atoms with van der Waals surface area (Å²) in [4.78, 5) is 12.1. The SMILES string of the molecule is CSSN(C)[C@@](C)(C(=O)O)C(=S)CC(C)SC. The van der Waals surface area contributed by atoms with E-state index in [4.69, 9.17) is 12.2 Å². The van der Waals surface area contributed by atoms with Gasteiger partial charge in [-0.2, -0.15) is 11.8 Å². The summed E-state index contributed by atoms with van der Waals surface area (Å²) in [6, 6.07) is 0. The maximum atomic E-state index is 11.5. The van der Waals surface area contributed by atoms with Gasteiger partial charge in [0.1, 0.15) is 0 Å². The second-order valence-corrected chi connectivity index (χ2v) is 8.04. The molecule has 0 saturated carbocycles. The number of nitrogens with zero attached hydrogens (tertiary/aromatic N) is 1. The molecule has 0 spiro atoms. The van der Waals surface area contributed by atoms with Gasteiger partial charge >= 0.3 is 5.97 Å². The molecular weight excluding hydrogens is 294 g/mol. The van der Waals surface area contributed by atoms with E-state index in [1.807, 2.05) is 12.5 Å². The van der Waals surface area contributed by atoms with Crippen molar-refractivity contribution in [3.63, 3.8) is 0 Å². The van der Waals surface area contributed by atoms with Crippen LogP contribution in [0.15, 0.2) is 0 Å². The molecule has 0 fully saturated rings. The highest BCUT2D eigenvalue weighted by molar-refractivity contribution is 8.75. The van der Waals surface area contributed by atoms with E-state index in [-0.39, 0.29) is 0 Å². The third-order valence-corrected chi connectivity index (χ3v) is 6.04. The van der Waals surface area contributed by atoms with Gasteiger partial charge in [0.15, 0.2) is 5.54 Å². The minimum absolute atomic E-state index is 0.342. The lowest BCUT2D eigenvalue weighted by Gasteiger charge is -2.34. The van der Waals surface area contributed by atoms with Crippen LogP contribution in [0.5, 0.6) is 0 Å². The minimum Gasteiger partial charge on any atom is -0.480 e. The molecule has 100 valence electrons. The van der Waals surface area contributed by atoms with Gasteiger partial charge < -0.3 is 5.11 Å². The first-order valence-corrected chi connectivity index (χ1v) is 9.25. The van der Waals surface area contributed by atoms with Gasteiger partial charge in [0.25, 0.3) is 0 Å². The Morgan fingerprint density at radius 1 is 1.53 bits per heavy atom. The maximum Gasteiger partial charge on any atom is 0.329 e. The summed E-state index contributed by atoms with van der Waals surface area (Å²) in [7, 11) is 4.68. The van der Waals surface area contributed by atoms with Gasteiger partial charge in [0, 0.05) is 10.1 Å². The molecule has 3 nitrogen and oxygen atoms in total. The highest BCUT2D eigenvalue weighted by Crippen LogP contribution is 2.32. The first kappa shape index (κ1) is 17.6. The molecule has 0 amide bonds. The van der Waals surface area contributed by atoms with Crippen LogP contribution in [0.1, 0.15) is 20.3 Å². The Balaban J connectivity index is 4.94. The van der Waals surface area contributed by atoms with Crippen molar-refractivity contribution in [3.8, 4) is 0 Å². The lowest BCUT2D eigenvalue weighted by Crippen LogP contribution is -2.53. The predicted octanol–water partition coefficient (Wildman–Crippen LogP) is 3.20. The molecule has 0 aromatic heterocycles. The van der Waals surface area contributed by atoms with E-state index < -0.39 is 11.5 Å². The van der Waals surface area contributed by atoms with Crippen LogP contribution < -0.4 is 0 Å². The fourth-order valence-corrected chi connectivity index (χ4v) is 3.81. The third kappa shape index (κ3) is 4.63. The zero-order valence-corrected chi connectivity index (χ0v) is 14.0. The molecule has 0 saturated heterocycles. The highest BCUT2D eigenvalue weighted by atomic mass is 33.1. The zero-order chi connectivity index (χ0) is 13.6. The molecule has 1 unspecified atom stereocenters. The Morgan fingerprint density at radius 3 is 2.41 bits per heavy atom. The van der Waals surface area contributed by atoms with Crippen molar-refractivity contribution in [2.45, 2.75) is 31.1 Å². The molecule has 2 atom stereocenters. The van der Waals surface area contributed by atoms with Gasteiger partial charge in [-0.15, -0.1) is 0 Å². The van der Waals surface area contributed by atoms with Gasteiger partial charge in [-0.05, 0) is 43.9 Å². The average molecular weight is 314 g/mol. The fraction of sp³-hybridized carbons (Fsp3) is 0.800. The van der Waals surface area contributed by atoms with Crippen LogP contribution in [0.4, 0.5) is 0 Å². The summed E-state index contributed by atoms with van der Waals surface area (Å²) in [5.41, 5.74) is -1.09. The summed E-state index contributed by atoms with van der Waals surface area (Å²) in [6.45, 7) is 3.73. The topological polar surface area (TPSA) is 40.5 Å². The van der Waals surface area contributed by atoms with Gasteiger partial charge in [-0.25, -0.2) is 9.10 Å². The molecule has 0 aliphatic heterocycles. The van der Waals surface area contributed by atoms with Crippen LogP contribution >= 0.6 is 45.8 Å². The van der Waals surface area contributed by atoms with Gasteiger partial charge in [0.2, 0.25) is 0 Å². The number of likely N-dealkylation sites (N-methyl/N-ethyl adjacent to an activating group) is 1. The molecule has 0 aromatic carbocycles. The molecule has 0 radical (unpaired) electrons. The summed E-state index contributed by atoms with van der Waals surface area (Å²) < 4.78 is 1.72. The first-order valence-electron chi connectivity index (χ1n) is 5.04. The van der Waals surface area contributed by atoms with E-state index in [0.29, 0.717) is 16.5 Å². The molecule has 17 heavy (non-hydrogen) atoms. The molecule has 7 heteroatoms. The van der Waals surface area contributed by atoms with Crippen molar-refractivity contribution < 1.29 is 9.90 Å². The summed E-state index contributed by atoms with van der Waals surface area (Å²) in [6.07, 6.45) is 4.56. The van der Waals surface area contributed by atoms with E-state index >= 15 is 0 Å². The van der Waals surface area contributed by atoms with Crippen molar-refractivity contribution in [2.24, 2.45) is 0 Å². The molecule has 1 N–H and O–H groups in total. The number of aliphatic carboxylic acids is 1. The van der Waals surface area contributed by atoms with Crippen LogP contribution in [0, 0.1) is 0 Å². The second kappa shape index (κ2) is 7.89. The lowest BCUT2D eigenvalue weighted by molar-refractivity contribution is -0.143. The monoisotopic (exact) mass is 313 g/mol. The van der Waals surface area contributed by atoms with Gasteiger partial charge in [0.05, 0.1) is 0 Å². The maximum absolute atomic E-state index is 11.5. The Labute approximate surface area is 121 Å². The molecule has 0 bridgehead atoms. The van der Waals surface area contributed by atoms with Crippen LogP contribution in [-0.2, 0) is 4.79 Å². The smallest absolute Gasteiger partial charge is 0.329 e. The minimum atomic E-state index is -1.09. The summed E-state index contributed by atoms with van der Waals surface area (Å²) in [5, 5.41) is 9.77. The third-order valence-electron chi connectivity index (χ3n) is 2.65. The average Bonchev–Trinajstić information content (AvgIpc) is 2.27. The fourth-order valence-electron chi connectivity index (χ4n) is 1.16. The van der Waals surface area contributed by atoms with Crippen LogP contribution in [0.25, 0.3) is 0 Å². The number of hydrogen-bond donors (Lipinski definition) is 1. The van der Waals surface area contributed by atoms with Crippen LogP contribution in [0.3, 0.4) is 0 Å². The molecule has 0 heterocycles. The van der Waals surface area contributed by atoms with Crippen molar-refractivity contribution in [3.05, 3.63) is 0 Å². The number of carboxylic acids is 1. The summed E-state index contributed by atoms with van der Waals surface area (Å²) >= 11 is 7.03. The Kier molecular flexibility index (Phi) is 8.15. The zero-order valence-electron chi connectivity index (χ0n) is 10.7. The van der Waals surface area contributed by atoms with Crippen LogP contribution in [0.2, 0.25) is 0 Å². The molecule has 0 rings (SSSR count). The molecular formula is C10H19NO2S4. The van der Waals surface area contributed by atoms with Gasteiger partial charge in [-0.1, -0.05) is 29.9 Å². The van der Waals surface area contributed by atoms with E-state index in [0.717, 1.165) is 0 Å². The lowest BCUT2D eigenvalue weighted by atomic mass is 9.95. The Morgan fingerprint density at radius 2 is 2.06 bits per heavy atom.